The number of allylic oxidation sites excluding steroid dienone is 1. The molecule has 3 heteroatoms. The van der Waals surface area contributed by atoms with Gasteiger partial charge in [-0.1, -0.05) is 36.5 Å². The molecule has 1 fully saturated rings. The molecule has 0 radical (unpaired) electrons. The molecule has 0 heterocycles. The number of azide groups is 1. The minimum Gasteiger partial charge on any atom is -0.0899 e. The molecule has 66 valence electrons. The van der Waals surface area contributed by atoms with Gasteiger partial charge in [-0.05, 0) is 24.3 Å². The lowest BCUT2D eigenvalue weighted by molar-refractivity contribution is 0.419. The van der Waals surface area contributed by atoms with E-state index in [1.54, 1.807) is 0 Å². The smallest absolute Gasteiger partial charge is 0.0440 e. The van der Waals surface area contributed by atoms with Crippen LogP contribution in [0.1, 0.15) is 32.1 Å². The molecule has 0 amide bonds. The molecule has 1 rings (SSSR count). The SMILES string of the molecule is [N-]=[N+]=NCC=CC1CCCCC1. The third-order valence-electron chi connectivity index (χ3n) is 2.31. The predicted molar refractivity (Wildman–Crippen MR) is 49.7 cm³/mol. The standard InChI is InChI=1S/C9H15N3/c10-12-11-8-4-7-9-5-2-1-3-6-9/h4,7,9H,1-3,5-6,8H2. The quantitative estimate of drug-likeness (QED) is 0.266. The van der Waals surface area contributed by atoms with Crippen molar-refractivity contribution >= 4 is 0 Å². The monoisotopic (exact) mass is 165 g/mol. The van der Waals surface area contributed by atoms with Crippen molar-refractivity contribution in [3.8, 4) is 0 Å². The highest BCUT2D eigenvalue weighted by Gasteiger charge is 2.08. The van der Waals surface area contributed by atoms with Gasteiger partial charge in [-0.25, -0.2) is 0 Å². The maximum Gasteiger partial charge on any atom is 0.0440 e. The van der Waals surface area contributed by atoms with Crippen molar-refractivity contribution in [1.29, 1.82) is 0 Å². The molecule has 0 bridgehead atoms. The Kier molecular flexibility index (Phi) is 4.32. The third kappa shape index (κ3) is 3.44. The molecule has 0 N–H and O–H groups in total. The summed E-state index contributed by atoms with van der Waals surface area (Å²) in [5, 5.41) is 3.45. The highest BCUT2D eigenvalue weighted by molar-refractivity contribution is 4.91. The van der Waals surface area contributed by atoms with Crippen molar-refractivity contribution in [2.24, 2.45) is 11.0 Å². The van der Waals surface area contributed by atoms with Crippen LogP contribution < -0.4 is 0 Å². The van der Waals surface area contributed by atoms with Gasteiger partial charge in [0.25, 0.3) is 0 Å². The molecule has 0 unspecified atom stereocenters. The third-order valence-corrected chi connectivity index (χ3v) is 2.31. The Labute approximate surface area is 73.1 Å². The van der Waals surface area contributed by atoms with E-state index in [0.29, 0.717) is 6.54 Å². The van der Waals surface area contributed by atoms with Crippen molar-refractivity contribution in [2.75, 3.05) is 6.54 Å². The number of nitrogens with zero attached hydrogens (tertiary/aromatic N) is 3. The molecular weight excluding hydrogens is 150 g/mol. The van der Waals surface area contributed by atoms with Crippen LogP contribution in [0.3, 0.4) is 0 Å². The van der Waals surface area contributed by atoms with Gasteiger partial charge in [0.1, 0.15) is 0 Å². The van der Waals surface area contributed by atoms with Crippen LogP contribution in [0.2, 0.25) is 0 Å². The van der Waals surface area contributed by atoms with Gasteiger partial charge >= 0.3 is 0 Å². The lowest BCUT2D eigenvalue weighted by Crippen LogP contribution is -2.02. The number of hydrogen-bond acceptors (Lipinski definition) is 1. The van der Waals surface area contributed by atoms with Crippen molar-refractivity contribution in [3.63, 3.8) is 0 Å². The largest absolute Gasteiger partial charge is 0.0899 e. The van der Waals surface area contributed by atoms with E-state index in [-0.39, 0.29) is 0 Å². The van der Waals surface area contributed by atoms with Crippen LogP contribution in [0.25, 0.3) is 10.4 Å². The Balaban J connectivity index is 2.19. The molecule has 3 nitrogen and oxygen atoms in total. The van der Waals surface area contributed by atoms with Gasteiger partial charge in [-0.15, -0.1) is 0 Å². The van der Waals surface area contributed by atoms with Gasteiger partial charge in [-0.3, -0.25) is 0 Å². The Bertz CT molecular complexity index is 186. The van der Waals surface area contributed by atoms with E-state index >= 15 is 0 Å². The molecule has 0 aromatic carbocycles. The first-order chi connectivity index (χ1) is 5.93. The van der Waals surface area contributed by atoms with E-state index in [2.05, 4.69) is 16.1 Å². The van der Waals surface area contributed by atoms with Gasteiger partial charge in [-0.2, -0.15) is 0 Å². The average molecular weight is 165 g/mol. The Morgan fingerprint density at radius 3 is 2.75 bits per heavy atom. The van der Waals surface area contributed by atoms with Crippen LogP contribution in [-0.4, -0.2) is 6.54 Å². The second-order valence-corrected chi connectivity index (χ2v) is 3.24. The average Bonchev–Trinajstić information content (AvgIpc) is 2.14. The Morgan fingerprint density at radius 2 is 2.08 bits per heavy atom. The fourth-order valence-corrected chi connectivity index (χ4v) is 1.66. The molecule has 1 aliphatic carbocycles. The summed E-state index contributed by atoms with van der Waals surface area (Å²) in [4.78, 5) is 2.69. The van der Waals surface area contributed by atoms with Crippen LogP contribution in [-0.2, 0) is 0 Å². The molecule has 0 aliphatic heterocycles. The second kappa shape index (κ2) is 5.67. The normalized spacial score (nSPS) is 19.3. The maximum atomic E-state index is 8.03. The Morgan fingerprint density at radius 1 is 1.33 bits per heavy atom. The maximum absolute atomic E-state index is 8.03. The molecule has 0 aromatic rings. The molecule has 1 saturated carbocycles. The highest BCUT2D eigenvalue weighted by Crippen LogP contribution is 2.24. The molecule has 12 heavy (non-hydrogen) atoms. The summed E-state index contributed by atoms with van der Waals surface area (Å²) in [5.74, 6) is 0.743. The molecule has 0 saturated heterocycles. The predicted octanol–water partition coefficient (Wildman–Crippen LogP) is 3.43. The first kappa shape index (κ1) is 9.14. The van der Waals surface area contributed by atoms with Crippen LogP contribution >= 0.6 is 0 Å². The summed E-state index contributed by atoms with van der Waals surface area (Å²) in [6, 6.07) is 0. The van der Waals surface area contributed by atoms with E-state index < -0.39 is 0 Å². The van der Waals surface area contributed by atoms with E-state index in [1.807, 2.05) is 6.08 Å². The van der Waals surface area contributed by atoms with Crippen LogP contribution in [0, 0.1) is 5.92 Å². The van der Waals surface area contributed by atoms with E-state index in [4.69, 9.17) is 5.53 Å². The highest BCUT2D eigenvalue weighted by atomic mass is 15.1. The van der Waals surface area contributed by atoms with Crippen molar-refractivity contribution in [3.05, 3.63) is 22.6 Å². The van der Waals surface area contributed by atoms with Gasteiger partial charge in [0, 0.05) is 11.5 Å². The van der Waals surface area contributed by atoms with Crippen LogP contribution in [0.5, 0.6) is 0 Å². The fraction of sp³-hybridized carbons (Fsp3) is 0.778. The first-order valence-corrected chi connectivity index (χ1v) is 4.61. The number of rotatable bonds is 3. The van der Waals surface area contributed by atoms with E-state index in [0.717, 1.165) is 5.92 Å². The zero-order chi connectivity index (χ0) is 8.65. The minimum atomic E-state index is 0.507. The van der Waals surface area contributed by atoms with Crippen molar-refractivity contribution < 1.29 is 0 Å². The van der Waals surface area contributed by atoms with E-state index in [9.17, 15) is 0 Å². The molecular formula is C9H15N3. The summed E-state index contributed by atoms with van der Waals surface area (Å²) in [7, 11) is 0. The van der Waals surface area contributed by atoms with Gasteiger partial charge in [0.15, 0.2) is 0 Å². The van der Waals surface area contributed by atoms with Crippen molar-refractivity contribution in [2.45, 2.75) is 32.1 Å². The first-order valence-electron chi connectivity index (χ1n) is 4.61. The summed E-state index contributed by atoms with van der Waals surface area (Å²) < 4.78 is 0. The summed E-state index contributed by atoms with van der Waals surface area (Å²) in [6.07, 6.45) is 10.9. The number of hydrogen-bond donors (Lipinski definition) is 0. The summed E-state index contributed by atoms with van der Waals surface area (Å²) >= 11 is 0. The summed E-state index contributed by atoms with van der Waals surface area (Å²) in [5.41, 5.74) is 8.03. The fourth-order valence-electron chi connectivity index (χ4n) is 1.66. The van der Waals surface area contributed by atoms with E-state index in [1.165, 1.54) is 32.1 Å². The molecule has 0 aromatic heterocycles. The zero-order valence-electron chi connectivity index (χ0n) is 7.32. The van der Waals surface area contributed by atoms with Crippen molar-refractivity contribution in [1.82, 2.24) is 0 Å². The van der Waals surface area contributed by atoms with Crippen LogP contribution in [0.15, 0.2) is 17.3 Å². The zero-order valence-corrected chi connectivity index (χ0v) is 7.32. The lowest BCUT2D eigenvalue weighted by Gasteiger charge is -2.17. The van der Waals surface area contributed by atoms with Gasteiger partial charge in [0.05, 0.1) is 0 Å². The molecule has 1 aliphatic rings. The lowest BCUT2D eigenvalue weighted by atomic mass is 9.89. The molecule has 0 atom stereocenters. The molecule has 0 spiro atoms. The Hall–Kier alpha value is -0.950. The summed E-state index contributed by atoms with van der Waals surface area (Å²) in [6.45, 7) is 0.507. The minimum absolute atomic E-state index is 0.507. The van der Waals surface area contributed by atoms with Gasteiger partial charge < -0.3 is 0 Å². The van der Waals surface area contributed by atoms with Crippen LogP contribution in [0.4, 0.5) is 0 Å². The second-order valence-electron chi connectivity index (χ2n) is 3.24. The topological polar surface area (TPSA) is 48.8 Å². The van der Waals surface area contributed by atoms with Gasteiger partial charge in [0.2, 0.25) is 0 Å².